The van der Waals surface area contributed by atoms with Crippen LogP contribution in [0.2, 0.25) is 0 Å². The second kappa shape index (κ2) is 8.52. The maximum atomic E-state index is 12.4. The minimum absolute atomic E-state index is 0.0193. The third-order valence-electron chi connectivity index (χ3n) is 4.19. The van der Waals surface area contributed by atoms with Crippen molar-refractivity contribution in [3.05, 3.63) is 41.1 Å². The van der Waals surface area contributed by atoms with Crippen LogP contribution < -0.4 is 5.56 Å². The molecule has 9 nitrogen and oxygen atoms in total. The van der Waals surface area contributed by atoms with E-state index in [1.165, 1.54) is 18.7 Å². The fraction of sp³-hybridized carbons (Fsp3) is 0.562. The number of hydrogen-bond acceptors (Lipinski definition) is 6. The smallest absolute Gasteiger partial charge is 0.250 e. The zero-order valence-electron chi connectivity index (χ0n) is 14.0. The summed E-state index contributed by atoms with van der Waals surface area (Å²) in [6.07, 6.45) is 7.14. The Morgan fingerprint density at radius 1 is 1.44 bits per heavy atom. The van der Waals surface area contributed by atoms with Crippen molar-refractivity contribution in [3.8, 4) is 0 Å². The second-order valence-electron chi connectivity index (χ2n) is 6.04. The molecule has 0 aromatic carbocycles. The van der Waals surface area contributed by atoms with Gasteiger partial charge in [-0.3, -0.25) is 14.3 Å². The van der Waals surface area contributed by atoms with Crippen LogP contribution in [-0.4, -0.2) is 61.3 Å². The van der Waals surface area contributed by atoms with Crippen molar-refractivity contribution in [3.63, 3.8) is 0 Å². The predicted octanol–water partition coefficient (Wildman–Crippen LogP) is 0.00180. The summed E-state index contributed by atoms with van der Waals surface area (Å²) in [5.74, 6) is 0.141. The molecule has 134 valence electrons. The van der Waals surface area contributed by atoms with E-state index in [0.29, 0.717) is 39.1 Å². The summed E-state index contributed by atoms with van der Waals surface area (Å²) in [5, 5.41) is 4.03. The molecule has 1 fully saturated rings. The summed E-state index contributed by atoms with van der Waals surface area (Å²) >= 11 is 0. The monoisotopic (exact) mass is 346 g/mol. The van der Waals surface area contributed by atoms with Gasteiger partial charge in [0, 0.05) is 37.8 Å². The van der Waals surface area contributed by atoms with Gasteiger partial charge in [0.1, 0.15) is 12.7 Å². The zero-order chi connectivity index (χ0) is 17.5. The lowest BCUT2D eigenvalue weighted by atomic mass is 10.1. The minimum atomic E-state index is -0.154. The Labute approximate surface area is 145 Å². The van der Waals surface area contributed by atoms with Crippen molar-refractivity contribution >= 4 is 5.91 Å². The van der Waals surface area contributed by atoms with E-state index in [4.69, 9.17) is 4.74 Å². The molecule has 25 heavy (non-hydrogen) atoms. The molecule has 2 aromatic rings. The van der Waals surface area contributed by atoms with Crippen LogP contribution >= 0.6 is 0 Å². The molecule has 1 saturated heterocycles. The van der Waals surface area contributed by atoms with Crippen molar-refractivity contribution in [2.75, 3.05) is 19.7 Å². The van der Waals surface area contributed by atoms with Crippen LogP contribution in [-0.2, 0) is 22.5 Å². The van der Waals surface area contributed by atoms with Gasteiger partial charge in [0.25, 0.3) is 5.56 Å². The van der Waals surface area contributed by atoms with Gasteiger partial charge in [-0.15, -0.1) is 0 Å². The first-order valence-electron chi connectivity index (χ1n) is 8.46. The first-order chi connectivity index (χ1) is 12.2. The number of aryl methyl sites for hydroxylation is 2. The molecule has 3 rings (SSSR count). The van der Waals surface area contributed by atoms with Crippen molar-refractivity contribution < 1.29 is 9.53 Å². The van der Waals surface area contributed by atoms with Crippen molar-refractivity contribution in [1.82, 2.24) is 29.6 Å². The highest BCUT2D eigenvalue weighted by molar-refractivity contribution is 5.76. The molecule has 0 unspecified atom stereocenters. The Morgan fingerprint density at radius 2 is 2.36 bits per heavy atom. The zero-order valence-corrected chi connectivity index (χ0v) is 14.0. The Morgan fingerprint density at radius 3 is 3.16 bits per heavy atom. The molecule has 0 spiro atoms. The number of carbonyl (C=O) groups excluding carboxylic acids is 1. The van der Waals surface area contributed by atoms with Crippen LogP contribution in [0.25, 0.3) is 0 Å². The highest BCUT2D eigenvalue weighted by Crippen LogP contribution is 2.13. The average Bonchev–Trinajstić information content (AvgIpc) is 3.14. The van der Waals surface area contributed by atoms with E-state index >= 15 is 0 Å². The lowest BCUT2D eigenvalue weighted by molar-refractivity contribution is -0.139. The first-order valence-corrected chi connectivity index (χ1v) is 8.46. The van der Waals surface area contributed by atoms with E-state index in [9.17, 15) is 9.59 Å². The third-order valence-corrected chi connectivity index (χ3v) is 4.19. The average molecular weight is 346 g/mol. The van der Waals surface area contributed by atoms with Crippen LogP contribution in [0.15, 0.2) is 29.8 Å². The van der Waals surface area contributed by atoms with Crippen LogP contribution in [0.1, 0.15) is 25.0 Å². The molecular weight excluding hydrogens is 324 g/mol. The highest BCUT2D eigenvalue weighted by atomic mass is 16.5. The summed E-state index contributed by atoms with van der Waals surface area (Å²) in [7, 11) is 0. The molecule has 3 heterocycles. The second-order valence-corrected chi connectivity index (χ2v) is 6.04. The van der Waals surface area contributed by atoms with E-state index in [-0.39, 0.29) is 17.6 Å². The summed E-state index contributed by atoms with van der Waals surface area (Å²) in [5.41, 5.74) is 0.586. The molecule has 1 aliphatic heterocycles. The lowest BCUT2D eigenvalue weighted by Gasteiger charge is -2.33. The first kappa shape index (κ1) is 17.3. The Bertz CT molecular complexity index is 729. The highest BCUT2D eigenvalue weighted by Gasteiger charge is 2.23. The van der Waals surface area contributed by atoms with Crippen LogP contribution in [0, 0.1) is 0 Å². The van der Waals surface area contributed by atoms with Gasteiger partial charge in [0.05, 0.1) is 19.0 Å². The third kappa shape index (κ3) is 5.21. The Hall–Kier alpha value is -2.55. The van der Waals surface area contributed by atoms with Crippen LogP contribution in [0.4, 0.5) is 0 Å². The SMILES string of the molecule is O=C(CCCn1cncn1)N1CCO[C@@H](CCc2cc(=O)[nH]cn2)C1. The molecule has 0 radical (unpaired) electrons. The van der Waals surface area contributed by atoms with Crippen molar-refractivity contribution in [2.24, 2.45) is 0 Å². The number of morpholine rings is 1. The number of ether oxygens (including phenoxy) is 1. The number of nitrogens with zero attached hydrogens (tertiary/aromatic N) is 5. The van der Waals surface area contributed by atoms with E-state index in [2.05, 4.69) is 20.1 Å². The standard InChI is InChI=1S/C16H22N6O3/c23-15-8-13(18-11-19-15)3-4-14-9-21(6-7-25-14)16(24)2-1-5-22-12-17-10-20-22/h8,10-12,14H,1-7,9H2,(H,18,19,23)/t14-/m0/s1. The minimum Gasteiger partial charge on any atom is -0.375 e. The van der Waals surface area contributed by atoms with Gasteiger partial charge in [-0.25, -0.2) is 9.97 Å². The number of carbonyl (C=O) groups is 1. The van der Waals surface area contributed by atoms with Crippen molar-refractivity contribution in [2.45, 2.75) is 38.3 Å². The normalized spacial score (nSPS) is 17.6. The molecule has 1 N–H and O–H groups in total. The van der Waals surface area contributed by atoms with Gasteiger partial charge < -0.3 is 14.6 Å². The molecule has 0 bridgehead atoms. The van der Waals surface area contributed by atoms with E-state index < -0.39 is 0 Å². The fourth-order valence-electron chi connectivity index (χ4n) is 2.87. The number of aromatic nitrogens is 5. The van der Waals surface area contributed by atoms with Gasteiger partial charge in [0.2, 0.25) is 5.91 Å². The molecular formula is C16H22N6O3. The topological polar surface area (TPSA) is 106 Å². The number of rotatable bonds is 7. The van der Waals surface area contributed by atoms with Gasteiger partial charge >= 0.3 is 0 Å². The molecule has 2 aromatic heterocycles. The number of hydrogen-bond donors (Lipinski definition) is 1. The molecule has 1 aliphatic rings. The molecule has 1 amide bonds. The summed E-state index contributed by atoms with van der Waals surface area (Å²) in [6.45, 7) is 2.45. The summed E-state index contributed by atoms with van der Waals surface area (Å²) in [4.78, 5) is 36.0. The summed E-state index contributed by atoms with van der Waals surface area (Å²) < 4.78 is 7.47. The maximum Gasteiger partial charge on any atom is 0.250 e. The van der Waals surface area contributed by atoms with Gasteiger partial charge in [-0.05, 0) is 19.3 Å². The number of H-pyrrole nitrogens is 1. The number of amides is 1. The molecule has 9 heteroatoms. The van der Waals surface area contributed by atoms with Crippen LogP contribution in [0.3, 0.4) is 0 Å². The predicted molar refractivity (Wildman–Crippen MR) is 88.8 cm³/mol. The van der Waals surface area contributed by atoms with Gasteiger partial charge in [0.15, 0.2) is 0 Å². The summed E-state index contributed by atoms with van der Waals surface area (Å²) in [6, 6.07) is 1.50. The largest absolute Gasteiger partial charge is 0.375 e. The van der Waals surface area contributed by atoms with E-state index in [0.717, 1.165) is 18.5 Å². The number of aromatic amines is 1. The Kier molecular flexibility index (Phi) is 5.89. The van der Waals surface area contributed by atoms with E-state index in [1.54, 1.807) is 11.0 Å². The maximum absolute atomic E-state index is 12.4. The number of nitrogens with one attached hydrogen (secondary N) is 1. The molecule has 1 atom stereocenters. The molecule has 0 saturated carbocycles. The fourth-order valence-corrected chi connectivity index (χ4v) is 2.87. The lowest BCUT2D eigenvalue weighted by Crippen LogP contribution is -2.45. The van der Waals surface area contributed by atoms with E-state index in [1.807, 2.05) is 4.90 Å². The van der Waals surface area contributed by atoms with Crippen molar-refractivity contribution in [1.29, 1.82) is 0 Å². The quantitative estimate of drug-likeness (QED) is 0.756. The Balaban J connectivity index is 1.42. The molecule has 0 aliphatic carbocycles. The van der Waals surface area contributed by atoms with Gasteiger partial charge in [-0.2, -0.15) is 5.10 Å². The van der Waals surface area contributed by atoms with Gasteiger partial charge in [-0.1, -0.05) is 0 Å². The van der Waals surface area contributed by atoms with Crippen LogP contribution in [0.5, 0.6) is 0 Å².